The van der Waals surface area contributed by atoms with Crippen molar-refractivity contribution in [2.24, 2.45) is 0 Å². The molecule has 0 aliphatic carbocycles. The molecule has 0 N–H and O–H groups in total. The molecule has 0 aliphatic heterocycles. The van der Waals surface area contributed by atoms with Crippen LogP contribution in [0.4, 0.5) is 0 Å². The molecule has 0 aliphatic rings. The number of hydrogen-bond acceptors (Lipinski definition) is 0. The third-order valence-electron chi connectivity index (χ3n) is 1.22. The molecule has 1 rings (SSSR count). The number of rotatable bonds is 2. The van der Waals surface area contributed by atoms with Gasteiger partial charge in [-0.2, -0.15) is 0 Å². The molecule has 0 aromatic carbocycles. The van der Waals surface area contributed by atoms with Gasteiger partial charge in [0.1, 0.15) is 0 Å². The molecule has 0 amide bonds. The SMILES string of the molecule is C/C=C/Cn1cccc1. The molecular formula is C8H11N. The molecule has 1 heterocycles. The zero-order chi connectivity index (χ0) is 6.53. The van der Waals surface area contributed by atoms with E-state index >= 15 is 0 Å². The maximum absolute atomic E-state index is 2.12. The Balaban J connectivity index is 2.48. The van der Waals surface area contributed by atoms with Crippen molar-refractivity contribution in [2.45, 2.75) is 13.5 Å². The van der Waals surface area contributed by atoms with E-state index in [4.69, 9.17) is 0 Å². The van der Waals surface area contributed by atoms with E-state index in [2.05, 4.69) is 29.1 Å². The van der Waals surface area contributed by atoms with E-state index in [0.717, 1.165) is 6.54 Å². The van der Waals surface area contributed by atoms with Crippen molar-refractivity contribution >= 4 is 0 Å². The second-order valence-corrected chi connectivity index (χ2v) is 1.95. The molecular weight excluding hydrogens is 110 g/mol. The minimum atomic E-state index is 0.990. The average Bonchev–Trinajstić information content (AvgIpc) is 2.34. The first-order valence-electron chi connectivity index (χ1n) is 3.15. The molecule has 0 atom stereocenters. The van der Waals surface area contributed by atoms with Crippen LogP contribution in [-0.2, 0) is 6.54 Å². The Bertz CT molecular complexity index is 172. The smallest absolute Gasteiger partial charge is 0.0400 e. The zero-order valence-corrected chi connectivity index (χ0v) is 5.62. The summed E-state index contributed by atoms with van der Waals surface area (Å²) in [5, 5.41) is 0. The molecule has 1 aromatic heterocycles. The van der Waals surface area contributed by atoms with E-state index in [1.807, 2.05) is 19.1 Å². The van der Waals surface area contributed by atoms with Crippen molar-refractivity contribution in [2.75, 3.05) is 0 Å². The van der Waals surface area contributed by atoms with Gasteiger partial charge in [-0.15, -0.1) is 0 Å². The van der Waals surface area contributed by atoms with Crippen LogP contribution in [0.5, 0.6) is 0 Å². The summed E-state index contributed by atoms with van der Waals surface area (Å²) >= 11 is 0. The summed E-state index contributed by atoms with van der Waals surface area (Å²) in [6.07, 6.45) is 8.29. The van der Waals surface area contributed by atoms with E-state index in [0.29, 0.717) is 0 Å². The van der Waals surface area contributed by atoms with Crippen LogP contribution in [-0.4, -0.2) is 4.57 Å². The lowest BCUT2D eigenvalue weighted by Gasteiger charge is -1.92. The van der Waals surface area contributed by atoms with Crippen molar-refractivity contribution in [1.29, 1.82) is 0 Å². The number of aromatic nitrogens is 1. The second-order valence-electron chi connectivity index (χ2n) is 1.95. The third-order valence-corrected chi connectivity index (χ3v) is 1.22. The molecule has 48 valence electrons. The first-order valence-corrected chi connectivity index (χ1v) is 3.15. The highest BCUT2D eigenvalue weighted by molar-refractivity contribution is 4.92. The Morgan fingerprint density at radius 1 is 1.33 bits per heavy atom. The van der Waals surface area contributed by atoms with Crippen LogP contribution in [0.15, 0.2) is 36.7 Å². The van der Waals surface area contributed by atoms with Crippen molar-refractivity contribution in [1.82, 2.24) is 4.57 Å². The van der Waals surface area contributed by atoms with Gasteiger partial charge in [0.2, 0.25) is 0 Å². The van der Waals surface area contributed by atoms with Gasteiger partial charge in [0.15, 0.2) is 0 Å². The predicted octanol–water partition coefficient (Wildman–Crippen LogP) is 2.06. The van der Waals surface area contributed by atoms with E-state index in [-0.39, 0.29) is 0 Å². The number of nitrogens with zero attached hydrogens (tertiary/aromatic N) is 1. The molecule has 9 heavy (non-hydrogen) atoms. The van der Waals surface area contributed by atoms with Gasteiger partial charge in [0.05, 0.1) is 0 Å². The molecule has 0 spiro atoms. The largest absolute Gasteiger partial charge is 0.351 e. The fourth-order valence-electron chi connectivity index (χ4n) is 0.719. The first kappa shape index (κ1) is 6.14. The third kappa shape index (κ3) is 1.76. The van der Waals surface area contributed by atoms with E-state index in [1.54, 1.807) is 0 Å². The van der Waals surface area contributed by atoms with Crippen molar-refractivity contribution < 1.29 is 0 Å². The van der Waals surface area contributed by atoms with Gasteiger partial charge in [0.25, 0.3) is 0 Å². The normalized spacial score (nSPS) is 10.8. The second kappa shape index (κ2) is 3.13. The highest BCUT2D eigenvalue weighted by atomic mass is 14.9. The highest BCUT2D eigenvalue weighted by Gasteiger charge is 1.79. The highest BCUT2D eigenvalue weighted by Crippen LogP contribution is 1.89. The number of allylic oxidation sites excluding steroid dienone is 2. The number of hydrogen-bond donors (Lipinski definition) is 0. The molecule has 0 fully saturated rings. The van der Waals surface area contributed by atoms with Crippen LogP contribution in [0.25, 0.3) is 0 Å². The summed E-state index contributed by atoms with van der Waals surface area (Å²) < 4.78 is 2.12. The summed E-state index contributed by atoms with van der Waals surface area (Å²) in [5.41, 5.74) is 0. The average molecular weight is 121 g/mol. The molecule has 0 radical (unpaired) electrons. The first-order chi connectivity index (χ1) is 4.43. The van der Waals surface area contributed by atoms with Gasteiger partial charge >= 0.3 is 0 Å². The topological polar surface area (TPSA) is 4.93 Å². The monoisotopic (exact) mass is 121 g/mol. The summed E-state index contributed by atoms with van der Waals surface area (Å²) in [4.78, 5) is 0. The lowest BCUT2D eigenvalue weighted by Crippen LogP contribution is -1.87. The van der Waals surface area contributed by atoms with Crippen LogP contribution in [0.2, 0.25) is 0 Å². The molecule has 0 saturated heterocycles. The van der Waals surface area contributed by atoms with Crippen LogP contribution in [0.1, 0.15) is 6.92 Å². The van der Waals surface area contributed by atoms with Crippen molar-refractivity contribution in [3.63, 3.8) is 0 Å². The van der Waals surface area contributed by atoms with Crippen LogP contribution in [0.3, 0.4) is 0 Å². The van der Waals surface area contributed by atoms with E-state index in [9.17, 15) is 0 Å². The molecule has 0 bridgehead atoms. The van der Waals surface area contributed by atoms with Crippen molar-refractivity contribution in [3.05, 3.63) is 36.7 Å². The van der Waals surface area contributed by atoms with Crippen LogP contribution in [0, 0.1) is 0 Å². The Hall–Kier alpha value is -0.980. The van der Waals surface area contributed by atoms with Gasteiger partial charge in [0, 0.05) is 18.9 Å². The Labute approximate surface area is 55.6 Å². The van der Waals surface area contributed by atoms with E-state index in [1.165, 1.54) is 0 Å². The zero-order valence-electron chi connectivity index (χ0n) is 5.62. The Morgan fingerprint density at radius 2 is 2.00 bits per heavy atom. The lowest BCUT2D eigenvalue weighted by atomic mass is 10.5. The predicted molar refractivity (Wildman–Crippen MR) is 39.2 cm³/mol. The van der Waals surface area contributed by atoms with Gasteiger partial charge in [-0.3, -0.25) is 0 Å². The minimum absolute atomic E-state index is 0.990. The van der Waals surface area contributed by atoms with E-state index < -0.39 is 0 Å². The standard InChI is InChI=1S/C8H11N/c1-2-3-6-9-7-4-5-8-9/h2-5,7-8H,6H2,1H3/b3-2+. The lowest BCUT2D eigenvalue weighted by molar-refractivity contribution is 0.829. The summed E-state index contributed by atoms with van der Waals surface area (Å²) in [7, 11) is 0. The molecule has 0 unspecified atom stereocenters. The van der Waals surface area contributed by atoms with Gasteiger partial charge < -0.3 is 4.57 Å². The molecule has 1 aromatic rings. The fourth-order valence-corrected chi connectivity index (χ4v) is 0.719. The Kier molecular flexibility index (Phi) is 2.13. The summed E-state index contributed by atoms with van der Waals surface area (Å²) in [6, 6.07) is 4.06. The van der Waals surface area contributed by atoms with Crippen molar-refractivity contribution in [3.8, 4) is 0 Å². The fraction of sp³-hybridized carbons (Fsp3) is 0.250. The Morgan fingerprint density at radius 3 is 2.56 bits per heavy atom. The van der Waals surface area contributed by atoms with Gasteiger partial charge in [-0.05, 0) is 19.1 Å². The summed E-state index contributed by atoms with van der Waals surface area (Å²) in [6.45, 7) is 3.02. The van der Waals surface area contributed by atoms with Crippen LogP contribution < -0.4 is 0 Å². The van der Waals surface area contributed by atoms with Crippen LogP contribution >= 0.6 is 0 Å². The quantitative estimate of drug-likeness (QED) is 0.528. The van der Waals surface area contributed by atoms with Gasteiger partial charge in [-0.25, -0.2) is 0 Å². The maximum Gasteiger partial charge on any atom is 0.0400 e. The van der Waals surface area contributed by atoms with Gasteiger partial charge in [-0.1, -0.05) is 12.2 Å². The minimum Gasteiger partial charge on any atom is -0.351 e. The molecule has 1 heteroatoms. The summed E-state index contributed by atoms with van der Waals surface area (Å²) in [5.74, 6) is 0. The maximum atomic E-state index is 2.12. The molecule has 0 saturated carbocycles. The molecule has 1 nitrogen and oxygen atoms in total.